The van der Waals surface area contributed by atoms with Gasteiger partial charge in [-0.15, -0.1) is 0 Å². The number of rotatable bonds is 5. The van der Waals surface area contributed by atoms with Gasteiger partial charge in [-0.1, -0.05) is 12.8 Å². The van der Waals surface area contributed by atoms with Crippen LogP contribution in [0.2, 0.25) is 0 Å². The van der Waals surface area contributed by atoms with Gasteiger partial charge in [-0.3, -0.25) is 4.79 Å². The lowest BCUT2D eigenvalue weighted by atomic mass is 10.2. The summed E-state index contributed by atoms with van der Waals surface area (Å²) in [5.41, 5.74) is 0.648. The zero-order valence-electron chi connectivity index (χ0n) is 13.1. The smallest absolute Gasteiger partial charge is 0.374 e. The SMILES string of the molecule is O=C(COC(=O)c1ccc(-c2ccc(F)cc2)o1)NC1CCCC1. The molecule has 1 aromatic carbocycles. The molecular formula is C18H18FNO4. The van der Waals surface area contributed by atoms with Crippen LogP contribution in [-0.2, 0) is 9.53 Å². The lowest BCUT2D eigenvalue weighted by Gasteiger charge is -2.11. The van der Waals surface area contributed by atoms with E-state index in [0.29, 0.717) is 11.3 Å². The Hall–Kier alpha value is -2.63. The molecule has 0 unspecified atom stereocenters. The average molecular weight is 331 g/mol. The molecule has 1 aliphatic carbocycles. The van der Waals surface area contributed by atoms with Crippen molar-refractivity contribution in [3.05, 3.63) is 48.0 Å². The number of amides is 1. The van der Waals surface area contributed by atoms with E-state index in [1.165, 1.54) is 18.2 Å². The Morgan fingerprint density at radius 3 is 2.54 bits per heavy atom. The van der Waals surface area contributed by atoms with E-state index in [0.717, 1.165) is 25.7 Å². The zero-order valence-corrected chi connectivity index (χ0v) is 13.1. The predicted octanol–water partition coefficient (Wildman–Crippen LogP) is 3.30. The molecule has 1 N–H and O–H groups in total. The van der Waals surface area contributed by atoms with Gasteiger partial charge in [0.05, 0.1) is 0 Å². The quantitative estimate of drug-likeness (QED) is 0.854. The van der Waals surface area contributed by atoms with Crippen molar-refractivity contribution in [2.45, 2.75) is 31.7 Å². The summed E-state index contributed by atoms with van der Waals surface area (Å²) in [6.07, 6.45) is 4.17. The minimum atomic E-state index is -0.704. The first-order valence-corrected chi connectivity index (χ1v) is 7.94. The topological polar surface area (TPSA) is 68.5 Å². The van der Waals surface area contributed by atoms with Crippen LogP contribution in [0.1, 0.15) is 36.2 Å². The van der Waals surface area contributed by atoms with Crippen LogP contribution in [0.5, 0.6) is 0 Å². The fourth-order valence-corrected chi connectivity index (χ4v) is 2.76. The second-order valence-electron chi connectivity index (χ2n) is 5.80. The van der Waals surface area contributed by atoms with Crippen LogP contribution in [0.15, 0.2) is 40.8 Å². The number of carbonyl (C=O) groups is 2. The summed E-state index contributed by atoms with van der Waals surface area (Å²) in [5.74, 6) is -0.927. The number of benzene rings is 1. The molecule has 6 heteroatoms. The van der Waals surface area contributed by atoms with E-state index in [1.54, 1.807) is 18.2 Å². The lowest BCUT2D eigenvalue weighted by molar-refractivity contribution is -0.124. The number of esters is 1. The third-order valence-electron chi connectivity index (χ3n) is 3.99. The molecule has 1 aliphatic rings. The first-order valence-electron chi connectivity index (χ1n) is 7.94. The molecule has 1 heterocycles. The molecule has 0 aliphatic heterocycles. The molecule has 0 atom stereocenters. The monoisotopic (exact) mass is 331 g/mol. The van der Waals surface area contributed by atoms with Gasteiger partial charge < -0.3 is 14.5 Å². The molecule has 5 nitrogen and oxygen atoms in total. The van der Waals surface area contributed by atoms with E-state index < -0.39 is 5.97 Å². The molecule has 0 radical (unpaired) electrons. The van der Waals surface area contributed by atoms with Crippen molar-refractivity contribution >= 4 is 11.9 Å². The molecule has 1 aromatic heterocycles. The molecule has 24 heavy (non-hydrogen) atoms. The Bertz CT molecular complexity index is 717. The van der Waals surface area contributed by atoms with Crippen molar-refractivity contribution in [1.82, 2.24) is 5.32 Å². The second kappa shape index (κ2) is 7.29. The summed E-state index contributed by atoms with van der Waals surface area (Å²) < 4.78 is 23.3. The molecular weight excluding hydrogens is 313 g/mol. The standard InChI is InChI=1S/C18H18FNO4/c19-13-7-5-12(6-8-13)15-9-10-16(24-15)18(22)23-11-17(21)20-14-3-1-2-4-14/h5-10,14H,1-4,11H2,(H,20,21). The highest BCUT2D eigenvalue weighted by Gasteiger charge is 2.19. The molecule has 0 spiro atoms. The Kier molecular flexibility index (Phi) is 4.93. The van der Waals surface area contributed by atoms with Crippen molar-refractivity contribution in [2.75, 3.05) is 6.61 Å². The maximum atomic E-state index is 12.9. The number of furan rings is 1. The van der Waals surface area contributed by atoms with E-state index in [-0.39, 0.29) is 30.1 Å². The van der Waals surface area contributed by atoms with Gasteiger partial charge in [0.25, 0.3) is 5.91 Å². The first kappa shape index (κ1) is 16.2. The molecule has 0 bridgehead atoms. The van der Waals surface area contributed by atoms with Crippen molar-refractivity contribution < 1.29 is 23.1 Å². The van der Waals surface area contributed by atoms with Gasteiger partial charge in [-0.25, -0.2) is 9.18 Å². The molecule has 0 saturated heterocycles. The van der Waals surface area contributed by atoms with E-state index in [1.807, 2.05) is 0 Å². The molecule has 126 valence electrons. The van der Waals surface area contributed by atoms with Crippen LogP contribution < -0.4 is 5.32 Å². The van der Waals surface area contributed by atoms with Gasteiger partial charge in [-0.2, -0.15) is 0 Å². The molecule has 1 saturated carbocycles. The maximum Gasteiger partial charge on any atom is 0.374 e. The van der Waals surface area contributed by atoms with Gasteiger partial charge >= 0.3 is 5.97 Å². The summed E-state index contributed by atoms with van der Waals surface area (Å²) in [4.78, 5) is 23.7. The van der Waals surface area contributed by atoms with Crippen LogP contribution in [0.4, 0.5) is 4.39 Å². The fraction of sp³-hybridized carbons (Fsp3) is 0.333. The van der Waals surface area contributed by atoms with Gasteiger partial charge in [0.15, 0.2) is 6.61 Å². The largest absolute Gasteiger partial charge is 0.450 e. The Balaban J connectivity index is 1.53. The van der Waals surface area contributed by atoms with E-state index in [4.69, 9.17) is 9.15 Å². The van der Waals surface area contributed by atoms with Crippen LogP contribution >= 0.6 is 0 Å². The number of hydrogen-bond acceptors (Lipinski definition) is 4. The van der Waals surface area contributed by atoms with Crippen molar-refractivity contribution in [2.24, 2.45) is 0 Å². The average Bonchev–Trinajstić information content (AvgIpc) is 3.25. The molecule has 1 amide bonds. The predicted molar refractivity (Wildman–Crippen MR) is 84.8 cm³/mol. The van der Waals surface area contributed by atoms with E-state index in [9.17, 15) is 14.0 Å². The van der Waals surface area contributed by atoms with Crippen LogP contribution in [-0.4, -0.2) is 24.5 Å². The third-order valence-corrected chi connectivity index (χ3v) is 3.99. The number of carbonyl (C=O) groups excluding carboxylic acids is 2. The normalized spacial score (nSPS) is 14.5. The fourth-order valence-electron chi connectivity index (χ4n) is 2.76. The number of halogens is 1. The van der Waals surface area contributed by atoms with Crippen molar-refractivity contribution in [3.63, 3.8) is 0 Å². The first-order chi connectivity index (χ1) is 11.6. The van der Waals surface area contributed by atoms with Gasteiger partial charge in [0.1, 0.15) is 11.6 Å². The third kappa shape index (κ3) is 4.01. The van der Waals surface area contributed by atoms with E-state index in [2.05, 4.69) is 5.32 Å². The van der Waals surface area contributed by atoms with Crippen LogP contribution in [0, 0.1) is 5.82 Å². The van der Waals surface area contributed by atoms with E-state index >= 15 is 0 Å². The summed E-state index contributed by atoms with van der Waals surface area (Å²) in [6, 6.07) is 8.98. The summed E-state index contributed by atoms with van der Waals surface area (Å²) >= 11 is 0. The Labute approximate surface area is 138 Å². The summed E-state index contributed by atoms with van der Waals surface area (Å²) in [6.45, 7) is -0.331. The highest BCUT2D eigenvalue weighted by Crippen LogP contribution is 2.23. The maximum absolute atomic E-state index is 12.9. The van der Waals surface area contributed by atoms with Gasteiger partial charge in [0, 0.05) is 11.6 Å². The number of ether oxygens (including phenoxy) is 1. The zero-order chi connectivity index (χ0) is 16.9. The van der Waals surface area contributed by atoms with Crippen LogP contribution in [0.3, 0.4) is 0 Å². The number of hydrogen-bond donors (Lipinski definition) is 1. The highest BCUT2D eigenvalue weighted by molar-refractivity contribution is 5.89. The molecule has 3 rings (SSSR count). The molecule has 2 aromatic rings. The van der Waals surface area contributed by atoms with Gasteiger partial charge in [0.2, 0.25) is 5.76 Å². The lowest BCUT2D eigenvalue weighted by Crippen LogP contribution is -2.35. The van der Waals surface area contributed by atoms with Crippen molar-refractivity contribution in [1.29, 1.82) is 0 Å². The van der Waals surface area contributed by atoms with Crippen molar-refractivity contribution in [3.8, 4) is 11.3 Å². The Morgan fingerprint density at radius 1 is 1.12 bits per heavy atom. The number of nitrogens with one attached hydrogen (secondary N) is 1. The second-order valence-corrected chi connectivity index (χ2v) is 5.80. The summed E-state index contributed by atoms with van der Waals surface area (Å²) in [7, 11) is 0. The molecule has 1 fully saturated rings. The minimum absolute atomic E-state index is 0.00277. The summed E-state index contributed by atoms with van der Waals surface area (Å²) in [5, 5.41) is 2.84. The highest BCUT2D eigenvalue weighted by atomic mass is 19.1. The van der Waals surface area contributed by atoms with Gasteiger partial charge in [-0.05, 0) is 49.2 Å². The minimum Gasteiger partial charge on any atom is -0.450 e. The van der Waals surface area contributed by atoms with Crippen LogP contribution in [0.25, 0.3) is 11.3 Å². The Morgan fingerprint density at radius 2 is 1.83 bits per heavy atom.